The fourth-order valence-electron chi connectivity index (χ4n) is 6.33. The highest BCUT2D eigenvalue weighted by atomic mass is 16.5. The number of ether oxygens (including phenoxy) is 2. The van der Waals surface area contributed by atoms with E-state index in [4.69, 9.17) is 9.47 Å². The van der Waals surface area contributed by atoms with Gasteiger partial charge in [0.2, 0.25) is 0 Å². The first kappa shape index (κ1) is 34.6. The lowest BCUT2D eigenvalue weighted by Crippen LogP contribution is -2.15. The summed E-state index contributed by atoms with van der Waals surface area (Å²) in [6.45, 7) is 18.9. The second-order valence-electron chi connectivity index (χ2n) is 13.1. The van der Waals surface area contributed by atoms with Crippen LogP contribution in [0.4, 0.5) is 34.1 Å². The van der Waals surface area contributed by atoms with Gasteiger partial charge in [0.1, 0.15) is 11.5 Å². The first-order valence-electron chi connectivity index (χ1n) is 17.5. The Morgan fingerprint density at radius 1 is 0.417 bits per heavy atom. The van der Waals surface area contributed by atoms with E-state index in [0.29, 0.717) is 0 Å². The molecule has 5 aromatic carbocycles. The zero-order valence-corrected chi connectivity index (χ0v) is 30.2. The van der Waals surface area contributed by atoms with Gasteiger partial charge in [-0.25, -0.2) is 0 Å². The highest BCUT2D eigenvalue weighted by molar-refractivity contribution is 5.85. The summed E-state index contributed by atoms with van der Waals surface area (Å²) in [6.07, 6.45) is 4.34. The molecule has 0 aliphatic rings. The van der Waals surface area contributed by atoms with Gasteiger partial charge in [-0.15, -0.1) is 0 Å². The fraction of sp³-hybridized carbons (Fsp3) is 0.318. The molecule has 0 aromatic heterocycles. The van der Waals surface area contributed by atoms with Gasteiger partial charge in [0, 0.05) is 22.7 Å². The van der Waals surface area contributed by atoms with E-state index in [0.717, 1.165) is 73.1 Å². The zero-order valence-electron chi connectivity index (χ0n) is 30.2. The van der Waals surface area contributed by atoms with Crippen molar-refractivity contribution in [2.45, 2.75) is 81.1 Å². The van der Waals surface area contributed by atoms with Crippen LogP contribution in [0.5, 0.6) is 11.5 Å². The molecule has 0 saturated carbocycles. The van der Waals surface area contributed by atoms with Crippen LogP contribution in [0, 0.1) is 41.5 Å². The standard InChI is InChI=1S/C44H52N2O2/c1-9-11-25-47-41-27-33(5)43(34(6)28-41)45(37-17-13-31(3)14-18-37)39-21-23-40(24-22-39)46(38-19-15-32(4)16-20-38)44-35(7)29-42(30-36(44)8)48-26-12-10-2/h13-24,27-30H,9-12,25-26H2,1-8H3. The molecule has 0 unspecified atom stereocenters. The van der Waals surface area contributed by atoms with Crippen LogP contribution in [0.1, 0.15) is 72.9 Å². The van der Waals surface area contributed by atoms with Crippen molar-refractivity contribution in [1.82, 2.24) is 0 Å². The largest absolute Gasteiger partial charge is 0.494 e. The van der Waals surface area contributed by atoms with Crippen molar-refractivity contribution in [3.63, 3.8) is 0 Å². The number of aryl methyl sites for hydroxylation is 6. The predicted octanol–water partition coefficient (Wildman–Crippen LogP) is 12.8. The number of hydrogen-bond acceptors (Lipinski definition) is 4. The molecule has 0 radical (unpaired) electrons. The molecule has 4 heteroatoms. The Kier molecular flexibility index (Phi) is 11.5. The summed E-state index contributed by atoms with van der Waals surface area (Å²) in [5.74, 6) is 1.87. The van der Waals surface area contributed by atoms with Gasteiger partial charge < -0.3 is 19.3 Å². The third kappa shape index (κ3) is 8.05. The quantitative estimate of drug-likeness (QED) is 0.113. The first-order chi connectivity index (χ1) is 23.2. The molecule has 0 aliphatic heterocycles. The van der Waals surface area contributed by atoms with Crippen molar-refractivity contribution in [1.29, 1.82) is 0 Å². The van der Waals surface area contributed by atoms with Crippen molar-refractivity contribution in [2.24, 2.45) is 0 Å². The van der Waals surface area contributed by atoms with Crippen molar-refractivity contribution in [3.05, 3.63) is 130 Å². The summed E-state index contributed by atoms with van der Waals surface area (Å²) < 4.78 is 12.2. The number of benzene rings is 5. The third-order valence-corrected chi connectivity index (χ3v) is 8.86. The smallest absolute Gasteiger partial charge is 0.119 e. The molecule has 48 heavy (non-hydrogen) atoms. The second-order valence-corrected chi connectivity index (χ2v) is 13.1. The Morgan fingerprint density at radius 3 is 0.958 bits per heavy atom. The Balaban J connectivity index is 1.59. The highest BCUT2D eigenvalue weighted by Gasteiger charge is 2.21. The summed E-state index contributed by atoms with van der Waals surface area (Å²) in [7, 11) is 0. The van der Waals surface area contributed by atoms with E-state index < -0.39 is 0 Å². The molecule has 0 bridgehead atoms. The van der Waals surface area contributed by atoms with Gasteiger partial charge in [-0.05, 0) is 149 Å². The van der Waals surface area contributed by atoms with Crippen LogP contribution in [-0.4, -0.2) is 13.2 Å². The lowest BCUT2D eigenvalue weighted by molar-refractivity contribution is 0.309. The summed E-state index contributed by atoms with van der Waals surface area (Å²) in [5.41, 5.74) is 14.0. The number of nitrogens with zero attached hydrogens (tertiary/aromatic N) is 2. The summed E-state index contributed by atoms with van der Waals surface area (Å²) in [4.78, 5) is 4.75. The van der Waals surface area contributed by atoms with Crippen LogP contribution in [0.15, 0.2) is 97.1 Å². The Bertz CT molecular complexity index is 1610. The number of anilines is 6. The third-order valence-electron chi connectivity index (χ3n) is 8.86. The van der Waals surface area contributed by atoms with Crippen LogP contribution in [-0.2, 0) is 0 Å². The average molecular weight is 641 g/mol. The summed E-state index contributed by atoms with van der Waals surface area (Å²) in [5, 5.41) is 0. The Labute approximate surface area is 289 Å². The van der Waals surface area contributed by atoms with Gasteiger partial charge in [-0.2, -0.15) is 0 Å². The molecule has 0 fully saturated rings. The highest BCUT2D eigenvalue weighted by Crippen LogP contribution is 2.44. The van der Waals surface area contributed by atoms with Gasteiger partial charge in [0.25, 0.3) is 0 Å². The van der Waals surface area contributed by atoms with Crippen LogP contribution < -0.4 is 19.3 Å². The Hall–Kier alpha value is -4.70. The van der Waals surface area contributed by atoms with E-state index in [1.54, 1.807) is 0 Å². The summed E-state index contributed by atoms with van der Waals surface area (Å²) >= 11 is 0. The molecule has 0 saturated heterocycles. The van der Waals surface area contributed by atoms with E-state index in [2.05, 4.69) is 162 Å². The van der Waals surface area contributed by atoms with Crippen molar-refractivity contribution in [2.75, 3.05) is 23.0 Å². The van der Waals surface area contributed by atoms with E-state index in [9.17, 15) is 0 Å². The van der Waals surface area contributed by atoms with E-state index in [-0.39, 0.29) is 0 Å². The van der Waals surface area contributed by atoms with E-state index in [1.165, 1.54) is 44.8 Å². The van der Waals surface area contributed by atoms with E-state index in [1.807, 2.05) is 0 Å². The maximum atomic E-state index is 6.12. The first-order valence-corrected chi connectivity index (χ1v) is 17.5. The Morgan fingerprint density at radius 2 is 0.688 bits per heavy atom. The molecular formula is C44H52N2O2. The van der Waals surface area contributed by atoms with Gasteiger partial charge in [0.15, 0.2) is 0 Å². The van der Waals surface area contributed by atoms with Gasteiger partial charge in [0.05, 0.1) is 24.6 Å². The van der Waals surface area contributed by atoms with Crippen LogP contribution in [0.3, 0.4) is 0 Å². The van der Waals surface area contributed by atoms with Crippen LogP contribution >= 0.6 is 0 Å². The molecule has 0 N–H and O–H groups in total. The molecule has 0 aliphatic carbocycles. The number of unbranched alkanes of at least 4 members (excludes halogenated alkanes) is 2. The SMILES string of the molecule is CCCCOc1cc(C)c(N(c2ccc(C)cc2)c2ccc(N(c3ccc(C)cc3)c3c(C)cc(OCCCC)cc3C)cc2)c(C)c1. The molecule has 5 rings (SSSR count). The molecule has 0 spiro atoms. The average Bonchev–Trinajstić information content (AvgIpc) is 3.06. The van der Waals surface area contributed by atoms with Gasteiger partial charge in [-0.1, -0.05) is 62.1 Å². The monoisotopic (exact) mass is 640 g/mol. The lowest BCUT2D eigenvalue weighted by atomic mass is 10.0. The number of hydrogen-bond donors (Lipinski definition) is 0. The van der Waals surface area contributed by atoms with Crippen molar-refractivity contribution < 1.29 is 9.47 Å². The van der Waals surface area contributed by atoms with Crippen LogP contribution in [0.2, 0.25) is 0 Å². The van der Waals surface area contributed by atoms with Gasteiger partial charge in [-0.3, -0.25) is 0 Å². The lowest BCUT2D eigenvalue weighted by Gasteiger charge is -2.31. The summed E-state index contributed by atoms with van der Waals surface area (Å²) in [6, 6.07) is 35.3. The minimum absolute atomic E-state index is 0.739. The van der Waals surface area contributed by atoms with Crippen molar-refractivity contribution >= 4 is 34.1 Å². The molecule has 5 aromatic rings. The maximum absolute atomic E-state index is 6.12. The zero-order chi connectivity index (χ0) is 34.2. The molecule has 0 atom stereocenters. The minimum Gasteiger partial charge on any atom is -0.494 e. The molecular weight excluding hydrogens is 588 g/mol. The van der Waals surface area contributed by atoms with Gasteiger partial charge >= 0.3 is 0 Å². The second kappa shape index (κ2) is 15.9. The molecule has 4 nitrogen and oxygen atoms in total. The fourth-order valence-corrected chi connectivity index (χ4v) is 6.33. The predicted molar refractivity (Wildman–Crippen MR) is 205 cm³/mol. The topological polar surface area (TPSA) is 24.9 Å². The van der Waals surface area contributed by atoms with E-state index >= 15 is 0 Å². The van der Waals surface area contributed by atoms with Crippen LogP contribution in [0.25, 0.3) is 0 Å². The number of rotatable bonds is 14. The minimum atomic E-state index is 0.739. The molecule has 0 heterocycles. The normalized spacial score (nSPS) is 11.0. The molecule has 0 amide bonds. The molecule has 250 valence electrons. The maximum Gasteiger partial charge on any atom is 0.119 e. The van der Waals surface area contributed by atoms with Crippen molar-refractivity contribution in [3.8, 4) is 11.5 Å².